The molecule has 2 aromatic heterocycles. The summed E-state index contributed by atoms with van der Waals surface area (Å²) in [5.41, 5.74) is 2.46. The number of benzene rings is 1. The third-order valence-electron chi connectivity index (χ3n) is 3.25. The van der Waals surface area contributed by atoms with Crippen LogP contribution in [0.25, 0.3) is 4.96 Å². The summed E-state index contributed by atoms with van der Waals surface area (Å²) >= 11 is 1.41. The Bertz CT molecular complexity index is 920. The molecule has 0 aliphatic heterocycles. The van der Waals surface area contributed by atoms with Crippen LogP contribution >= 0.6 is 11.3 Å². The van der Waals surface area contributed by atoms with Gasteiger partial charge in [0, 0.05) is 23.0 Å². The number of hydrogen-bond acceptors (Lipinski definition) is 4. The molecule has 1 amide bonds. The van der Waals surface area contributed by atoms with Gasteiger partial charge in [0.25, 0.3) is 11.5 Å². The molecule has 0 atom stereocenters. The number of rotatable bonds is 2. The van der Waals surface area contributed by atoms with E-state index in [2.05, 4.69) is 10.3 Å². The summed E-state index contributed by atoms with van der Waals surface area (Å²) in [6.07, 6.45) is 3.04. The molecule has 0 aliphatic carbocycles. The third kappa shape index (κ3) is 2.65. The maximum absolute atomic E-state index is 12.4. The van der Waals surface area contributed by atoms with E-state index in [0.29, 0.717) is 10.6 Å². The molecular formula is C16H15N3O2S. The van der Waals surface area contributed by atoms with Crippen LogP contribution in [0.4, 0.5) is 5.69 Å². The zero-order valence-corrected chi connectivity index (χ0v) is 13.3. The first-order valence-corrected chi connectivity index (χ1v) is 7.63. The zero-order chi connectivity index (χ0) is 15.9. The maximum Gasteiger partial charge on any atom is 0.271 e. The third-order valence-corrected chi connectivity index (χ3v) is 4.16. The van der Waals surface area contributed by atoms with Gasteiger partial charge in [-0.05, 0) is 44.0 Å². The number of nitrogens with one attached hydrogen (secondary N) is 1. The molecule has 6 heteroatoms. The van der Waals surface area contributed by atoms with Crippen LogP contribution in [-0.4, -0.2) is 15.3 Å². The fourth-order valence-corrected chi connectivity index (χ4v) is 3.18. The predicted molar refractivity (Wildman–Crippen MR) is 87.9 cm³/mol. The Balaban J connectivity index is 1.98. The van der Waals surface area contributed by atoms with Gasteiger partial charge in [-0.25, -0.2) is 4.98 Å². The molecule has 0 spiro atoms. The van der Waals surface area contributed by atoms with Crippen molar-refractivity contribution < 1.29 is 4.79 Å². The average Bonchev–Trinajstić information content (AvgIpc) is 2.79. The Morgan fingerprint density at radius 3 is 2.55 bits per heavy atom. The minimum atomic E-state index is -0.444. The zero-order valence-electron chi connectivity index (χ0n) is 12.5. The minimum Gasteiger partial charge on any atom is -0.322 e. The Hall–Kier alpha value is -2.47. The summed E-state index contributed by atoms with van der Waals surface area (Å²) in [5, 5.41) is 2.76. The SMILES string of the molecule is Cc1cc(C)cc(NC(=O)c2cnc3sc(C)cn3c2=O)c1. The molecule has 112 valence electrons. The van der Waals surface area contributed by atoms with Crippen molar-refractivity contribution in [2.75, 3.05) is 5.32 Å². The molecule has 1 aromatic carbocycles. The number of anilines is 1. The summed E-state index contributed by atoms with van der Waals surface area (Å²) in [5.74, 6) is -0.444. The second-order valence-electron chi connectivity index (χ2n) is 5.30. The minimum absolute atomic E-state index is 0.0365. The lowest BCUT2D eigenvalue weighted by Gasteiger charge is -2.07. The van der Waals surface area contributed by atoms with Gasteiger partial charge in [0.1, 0.15) is 5.56 Å². The van der Waals surface area contributed by atoms with Crippen molar-refractivity contribution >= 4 is 27.9 Å². The van der Waals surface area contributed by atoms with Crippen molar-refractivity contribution in [2.24, 2.45) is 0 Å². The van der Waals surface area contributed by atoms with Gasteiger partial charge in [0.05, 0.1) is 0 Å². The van der Waals surface area contributed by atoms with Crippen LogP contribution < -0.4 is 10.9 Å². The van der Waals surface area contributed by atoms with Gasteiger partial charge in [0.15, 0.2) is 4.96 Å². The Kier molecular flexibility index (Phi) is 3.54. The summed E-state index contributed by atoms with van der Waals surface area (Å²) in [4.78, 5) is 30.5. The molecule has 1 N–H and O–H groups in total. The van der Waals surface area contributed by atoms with E-state index in [1.165, 1.54) is 21.9 Å². The summed E-state index contributed by atoms with van der Waals surface area (Å²) in [6.45, 7) is 5.81. The van der Waals surface area contributed by atoms with E-state index in [9.17, 15) is 9.59 Å². The molecule has 0 bridgehead atoms. The first-order chi connectivity index (χ1) is 10.4. The largest absolute Gasteiger partial charge is 0.322 e. The Labute approximate surface area is 131 Å². The summed E-state index contributed by atoms with van der Waals surface area (Å²) < 4.78 is 1.41. The van der Waals surface area contributed by atoms with Gasteiger partial charge in [-0.15, -0.1) is 11.3 Å². The van der Waals surface area contributed by atoms with E-state index in [0.717, 1.165) is 16.0 Å². The van der Waals surface area contributed by atoms with E-state index in [1.807, 2.05) is 39.0 Å². The van der Waals surface area contributed by atoms with Gasteiger partial charge < -0.3 is 5.32 Å². The van der Waals surface area contributed by atoms with Gasteiger partial charge in [0.2, 0.25) is 0 Å². The van der Waals surface area contributed by atoms with Crippen molar-refractivity contribution in [3.8, 4) is 0 Å². The molecule has 0 radical (unpaired) electrons. The van der Waals surface area contributed by atoms with E-state index < -0.39 is 5.91 Å². The number of amides is 1. The molecule has 0 unspecified atom stereocenters. The van der Waals surface area contributed by atoms with E-state index in [4.69, 9.17) is 0 Å². The Morgan fingerprint density at radius 2 is 1.86 bits per heavy atom. The van der Waals surface area contributed by atoms with Crippen LogP contribution in [0.5, 0.6) is 0 Å². The van der Waals surface area contributed by atoms with E-state index >= 15 is 0 Å². The summed E-state index contributed by atoms with van der Waals surface area (Å²) in [6, 6.07) is 5.75. The van der Waals surface area contributed by atoms with Crippen molar-refractivity contribution in [2.45, 2.75) is 20.8 Å². The highest BCUT2D eigenvalue weighted by Gasteiger charge is 2.14. The normalized spacial score (nSPS) is 10.9. The van der Waals surface area contributed by atoms with Gasteiger partial charge in [-0.1, -0.05) is 6.07 Å². The van der Waals surface area contributed by atoms with Crippen molar-refractivity contribution in [3.05, 3.63) is 62.5 Å². The highest BCUT2D eigenvalue weighted by molar-refractivity contribution is 7.16. The maximum atomic E-state index is 12.4. The number of carbonyl (C=O) groups is 1. The molecule has 0 saturated carbocycles. The smallest absolute Gasteiger partial charge is 0.271 e. The lowest BCUT2D eigenvalue weighted by molar-refractivity contribution is 0.102. The van der Waals surface area contributed by atoms with Crippen LogP contribution in [0.1, 0.15) is 26.4 Å². The lowest BCUT2D eigenvalue weighted by Crippen LogP contribution is -2.25. The number of aryl methyl sites for hydroxylation is 3. The molecule has 0 saturated heterocycles. The molecule has 2 heterocycles. The van der Waals surface area contributed by atoms with E-state index in [-0.39, 0.29) is 11.1 Å². The highest BCUT2D eigenvalue weighted by atomic mass is 32.1. The monoisotopic (exact) mass is 313 g/mol. The van der Waals surface area contributed by atoms with Crippen molar-refractivity contribution in [3.63, 3.8) is 0 Å². The topological polar surface area (TPSA) is 63.5 Å². The number of fused-ring (bicyclic) bond motifs is 1. The van der Waals surface area contributed by atoms with E-state index in [1.54, 1.807) is 6.20 Å². The van der Waals surface area contributed by atoms with Crippen LogP contribution in [0.2, 0.25) is 0 Å². The molecule has 0 aliphatic rings. The van der Waals surface area contributed by atoms with Gasteiger partial charge in [-0.3, -0.25) is 14.0 Å². The van der Waals surface area contributed by atoms with Crippen LogP contribution in [0, 0.1) is 20.8 Å². The molecule has 22 heavy (non-hydrogen) atoms. The molecule has 3 rings (SSSR count). The first kappa shape index (κ1) is 14.5. The molecule has 0 fully saturated rings. The molecular weight excluding hydrogens is 298 g/mol. The van der Waals surface area contributed by atoms with Crippen molar-refractivity contribution in [1.82, 2.24) is 9.38 Å². The number of carbonyl (C=O) groups excluding carboxylic acids is 1. The number of aromatic nitrogens is 2. The molecule has 3 aromatic rings. The second kappa shape index (κ2) is 5.38. The van der Waals surface area contributed by atoms with Gasteiger partial charge >= 0.3 is 0 Å². The molecule has 5 nitrogen and oxygen atoms in total. The quantitative estimate of drug-likeness (QED) is 0.791. The van der Waals surface area contributed by atoms with Crippen LogP contribution in [0.15, 0.2) is 35.4 Å². The number of nitrogens with zero attached hydrogens (tertiary/aromatic N) is 2. The summed E-state index contributed by atoms with van der Waals surface area (Å²) in [7, 11) is 0. The fraction of sp³-hybridized carbons (Fsp3) is 0.188. The van der Waals surface area contributed by atoms with Crippen LogP contribution in [0.3, 0.4) is 0 Å². The fourth-order valence-electron chi connectivity index (χ4n) is 2.40. The number of thiazole rings is 1. The number of hydrogen-bond donors (Lipinski definition) is 1. The predicted octanol–water partition coefficient (Wildman–Crippen LogP) is 2.93. The van der Waals surface area contributed by atoms with Crippen molar-refractivity contribution in [1.29, 1.82) is 0 Å². The standard InChI is InChI=1S/C16H15N3O2S/c1-9-4-10(2)6-12(5-9)18-14(20)13-7-17-16-19(15(13)21)8-11(3)22-16/h4-8H,1-3H3,(H,18,20). The second-order valence-corrected chi connectivity index (χ2v) is 6.52. The Morgan fingerprint density at radius 1 is 1.18 bits per heavy atom. The van der Waals surface area contributed by atoms with Gasteiger partial charge in [-0.2, -0.15) is 0 Å². The highest BCUT2D eigenvalue weighted by Crippen LogP contribution is 2.15. The van der Waals surface area contributed by atoms with Crippen LogP contribution in [-0.2, 0) is 0 Å². The average molecular weight is 313 g/mol. The lowest BCUT2D eigenvalue weighted by atomic mass is 10.1. The first-order valence-electron chi connectivity index (χ1n) is 6.81.